The Bertz CT molecular complexity index is 562. The minimum absolute atomic E-state index is 0. The van der Waals surface area contributed by atoms with E-state index in [-0.39, 0.29) is 29.9 Å². The fraction of sp³-hybridized carbons (Fsp3) is 0.941. The fourth-order valence-corrected chi connectivity index (χ4v) is 6.31. The SMILES string of the molecule is I.O=S1(=O)CCC(CN=C(NC2CC2)N2CC3CCCCC3C2)C1. The number of halogens is 1. The van der Waals surface area contributed by atoms with Crippen LogP contribution in [0.1, 0.15) is 44.9 Å². The maximum atomic E-state index is 11.6. The van der Waals surface area contributed by atoms with E-state index < -0.39 is 9.84 Å². The summed E-state index contributed by atoms with van der Waals surface area (Å²) in [5.74, 6) is 3.67. The third-order valence-corrected chi connectivity index (χ3v) is 7.85. The molecule has 0 spiro atoms. The molecule has 0 aromatic heterocycles. The molecule has 24 heavy (non-hydrogen) atoms. The Morgan fingerprint density at radius 3 is 2.25 bits per heavy atom. The van der Waals surface area contributed by atoms with Gasteiger partial charge in [-0.1, -0.05) is 12.8 Å². The predicted molar refractivity (Wildman–Crippen MR) is 108 cm³/mol. The molecule has 138 valence electrons. The second-order valence-corrected chi connectivity index (χ2v) is 10.3. The lowest BCUT2D eigenvalue weighted by molar-refractivity contribution is 0.299. The highest BCUT2D eigenvalue weighted by atomic mass is 127. The standard InChI is InChI=1S/C17H29N3O2S.HI/c21-23(22)8-7-13(12-23)9-18-17(19-16-5-6-16)20-10-14-3-1-2-4-15(14)11-20;/h13-16H,1-12H2,(H,18,19);1H. The van der Waals surface area contributed by atoms with E-state index in [2.05, 4.69) is 10.2 Å². The molecule has 2 saturated heterocycles. The third-order valence-electron chi connectivity index (χ3n) is 6.01. The summed E-state index contributed by atoms with van der Waals surface area (Å²) in [6, 6.07) is 0.601. The minimum Gasteiger partial charge on any atom is -0.354 e. The van der Waals surface area contributed by atoms with Crippen LogP contribution in [0.3, 0.4) is 0 Å². The zero-order chi connectivity index (χ0) is 15.9. The van der Waals surface area contributed by atoms with E-state index in [1.807, 2.05) is 0 Å². The highest BCUT2D eigenvalue weighted by Crippen LogP contribution is 2.36. The molecule has 1 N–H and O–H groups in total. The second-order valence-electron chi connectivity index (χ2n) is 8.06. The van der Waals surface area contributed by atoms with Crippen molar-refractivity contribution >= 4 is 39.8 Å². The first-order valence-electron chi connectivity index (χ1n) is 9.35. The molecule has 0 aromatic carbocycles. The van der Waals surface area contributed by atoms with E-state index in [0.29, 0.717) is 24.1 Å². The summed E-state index contributed by atoms with van der Waals surface area (Å²) >= 11 is 0. The monoisotopic (exact) mass is 467 g/mol. The highest BCUT2D eigenvalue weighted by molar-refractivity contribution is 14.0. The van der Waals surface area contributed by atoms with E-state index in [1.165, 1.54) is 38.5 Å². The Morgan fingerprint density at radius 2 is 1.71 bits per heavy atom. The summed E-state index contributed by atoms with van der Waals surface area (Å²) in [5, 5.41) is 3.61. The summed E-state index contributed by atoms with van der Waals surface area (Å²) in [4.78, 5) is 7.32. The Kier molecular flexibility index (Phi) is 5.99. The Labute approximate surface area is 163 Å². The average molecular weight is 467 g/mol. The van der Waals surface area contributed by atoms with Gasteiger partial charge in [0.2, 0.25) is 0 Å². The molecule has 3 atom stereocenters. The van der Waals surface area contributed by atoms with Gasteiger partial charge in [-0.15, -0.1) is 24.0 Å². The fourth-order valence-electron chi connectivity index (χ4n) is 4.46. The highest BCUT2D eigenvalue weighted by Gasteiger charge is 2.37. The smallest absolute Gasteiger partial charge is 0.194 e. The van der Waals surface area contributed by atoms with Crippen molar-refractivity contribution in [1.29, 1.82) is 0 Å². The van der Waals surface area contributed by atoms with E-state index in [1.54, 1.807) is 0 Å². The van der Waals surface area contributed by atoms with E-state index in [4.69, 9.17) is 4.99 Å². The van der Waals surface area contributed by atoms with Gasteiger partial charge in [0.1, 0.15) is 0 Å². The molecular formula is C17H30IN3O2S. The Balaban J connectivity index is 0.00000169. The van der Waals surface area contributed by atoms with Crippen LogP contribution in [-0.2, 0) is 9.84 Å². The van der Waals surface area contributed by atoms with Gasteiger partial charge in [0, 0.05) is 25.7 Å². The molecule has 3 unspecified atom stereocenters. The molecule has 4 fully saturated rings. The van der Waals surface area contributed by atoms with Crippen LogP contribution in [0, 0.1) is 17.8 Å². The maximum Gasteiger partial charge on any atom is 0.194 e. The summed E-state index contributed by atoms with van der Waals surface area (Å²) in [5.41, 5.74) is 0. The van der Waals surface area contributed by atoms with Crippen molar-refractivity contribution < 1.29 is 8.42 Å². The van der Waals surface area contributed by atoms with Crippen LogP contribution in [0.2, 0.25) is 0 Å². The molecule has 2 aliphatic heterocycles. The maximum absolute atomic E-state index is 11.6. The molecule has 2 saturated carbocycles. The lowest BCUT2D eigenvalue weighted by atomic mass is 9.82. The van der Waals surface area contributed by atoms with Crippen molar-refractivity contribution in [2.75, 3.05) is 31.1 Å². The molecule has 0 amide bonds. The predicted octanol–water partition coefficient (Wildman–Crippen LogP) is 2.27. The number of fused-ring (bicyclic) bond motifs is 1. The number of likely N-dealkylation sites (tertiary alicyclic amines) is 1. The van der Waals surface area contributed by atoms with Gasteiger partial charge in [-0.3, -0.25) is 4.99 Å². The number of nitrogens with zero attached hydrogens (tertiary/aromatic N) is 2. The minimum atomic E-state index is -2.79. The number of aliphatic imine (C=N–C) groups is 1. The number of nitrogens with one attached hydrogen (secondary N) is 1. The van der Waals surface area contributed by atoms with Crippen LogP contribution in [-0.4, -0.2) is 56.5 Å². The van der Waals surface area contributed by atoms with Crippen molar-refractivity contribution in [3.05, 3.63) is 0 Å². The first kappa shape index (κ1) is 18.7. The number of hydrogen-bond acceptors (Lipinski definition) is 3. The van der Waals surface area contributed by atoms with Gasteiger partial charge in [0.15, 0.2) is 15.8 Å². The average Bonchev–Trinajstić information content (AvgIpc) is 3.12. The molecule has 2 aliphatic carbocycles. The van der Waals surface area contributed by atoms with Gasteiger partial charge in [-0.25, -0.2) is 8.42 Å². The lowest BCUT2D eigenvalue weighted by Gasteiger charge is -2.22. The van der Waals surface area contributed by atoms with Crippen LogP contribution in [0.5, 0.6) is 0 Å². The molecule has 0 aromatic rings. The topological polar surface area (TPSA) is 61.8 Å². The number of guanidine groups is 1. The van der Waals surface area contributed by atoms with Crippen LogP contribution < -0.4 is 5.32 Å². The van der Waals surface area contributed by atoms with Crippen molar-refractivity contribution in [3.8, 4) is 0 Å². The zero-order valence-corrected chi connectivity index (χ0v) is 17.5. The Hall–Kier alpha value is -0.0500. The summed E-state index contributed by atoms with van der Waals surface area (Å²) in [7, 11) is -2.79. The van der Waals surface area contributed by atoms with Crippen molar-refractivity contribution in [2.45, 2.75) is 51.0 Å². The Morgan fingerprint density at radius 1 is 1.04 bits per heavy atom. The third kappa shape index (κ3) is 4.56. The largest absolute Gasteiger partial charge is 0.354 e. The van der Waals surface area contributed by atoms with E-state index in [9.17, 15) is 8.42 Å². The van der Waals surface area contributed by atoms with Gasteiger partial charge in [-0.05, 0) is 49.9 Å². The molecular weight excluding hydrogens is 437 g/mol. The second kappa shape index (κ2) is 7.68. The number of sulfone groups is 1. The number of rotatable bonds is 3. The molecule has 2 heterocycles. The van der Waals surface area contributed by atoms with E-state index in [0.717, 1.165) is 37.3 Å². The van der Waals surface area contributed by atoms with Gasteiger partial charge in [0.05, 0.1) is 11.5 Å². The molecule has 5 nitrogen and oxygen atoms in total. The molecule has 4 aliphatic rings. The van der Waals surface area contributed by atoms with Gasteiger partial charge in [0.25, 0.3) is 0 Å². The lowest BCUT2D eigenvalue weighted by Crippen LogP contribution is -2.41. The normalized spacial score (nSPS) is 35.4. The quantitative estimate of drug-likeness (QED) is 0.393. The van der Waals surface area contributed by atoms with Gasteiger partial charge in [-0.2, -0.15) is 0 Å². The first-order chi connectivity index (χ1) is 11.1. The number of hydrogen-bond donors (Lipinski definition) is 1. The molecule has 0 bridgehead atoms. The van der Waals surface area contributed by atoms with Crippen molar-refractivity contribution in [1.82, 2.24) is 10.2 Å². The van der Waals surface area contributed by atoms with Crippen LogP contribution in [0.4, 0.5) is 0 Å². The van der Waals surface area contributed by atoms with Crippen molar-refractivity contribution in [3.63, 3.8) is 0 Å². The van der Waals surface area contributed by atoms with Crippen LogP contribution >= 0.6 is 24.0 Å². The van der Waals surface area contributed by atoms with Gasteiger partial charge >= 0.3 is 0 Å². The van der Waals surface area contributed by atoms with Crippen LogP contribution in [0.15, 0.2) is 4.99 Å². The van der Waals surface area contributed by atoms with Gasteiger partial charge < -0.3 is 10.2 Å². The summed E-state index contributed by atoms with van der Waals surface area (Å²) in [6.45, 7) is 2.96. The first-order valence-corrected chi connectivity index (χ1v) is 11.2. The zero-order valence-electron chi connectivity index (χ0n) is 14.3. The molecule has 7 heteroatoms. The van der Waals surface area contributed by atoms with Crippen molar-refractivity contribution in [2.24, 2.45) is 22.7 Å². The molecule has 4 rings (SSSR count). The molecule has 0 radical (unpaired) electrons. The summed E-state index contributed by atoms with van der Waals surface area (Å²) in [6.07, 6.45) is 8.80. The summed E-state index contributed by atoms with van der Waals surface area (Å²) < 4.78 is 23.3. The van der Waals surface area contributed by atoms with Crippen LogP contribution in [0.25, 0.3) is 0 Å². The van der Waals surface area contributed by atoms with E-state index >= 15 is 0 Å².